The highest BCUT2D eigenvalue weighted by molar-refractivity contribution is 5.21. The van der Waals surface area contributed by atoms with Crippen LogP contribution in [0, 0.1) is 11.8 Å². The van der Waals surface area contributed by atoms with Crippen molar-refractivity contribution < 1.29 is 9.47 Å². The van der Waals surface area contributed by atoms with Gasteiger partial charge in [-0.05, 0) is 24.1 Å². The van der Waals surface area contributed by atoms with Gasteiger partial charge in [-0.2, -0.15) is 0 Å². The van der Waals surface area contributed by atoms with Crippen LogP contribution in [0.15, 0.2) is 23.7 Å². The molecule has 0 aromatic rings. The maximum Gasteiger partial charge on any atom is 0.184 e. The van der Waals surface area contributed by atoms with Gasteiger partial charge in [0.25, 0.3) is 0 Å². The van der Waals surface area contributed by atoms with Crippen molar-refractivity contribution in [2.45, 2.75) is 20.3 Å². The van der Waals surface area contributed by atoms with E-state index in [-0.39, 0.29) is 0 Å². The molecule has 0 bridgehead atoms. The van der Waals surface area contributed by atoms with Crippen molar-refractivity contribution in [3.63, 3.8) is 0 Å². The summed E-state index contributed by atoms with van der Waals surface area (Å²) in [5.41, 5.74) is 6.98. The third kappa shape index (κ3) is 5.13. The summed E-state index contributed by atoms with van der Waals surface area (Å²) in [7, 11) is 1.88. The molecule has 3 N–H and O–H groups in total. The zero-order valence-electron chi connectivity index (χ0n) is 11.0. The molecule has 1 atom stereocenters. The van der Waals surface area contributed by atoms with Crippen LogP contribution >= 0.6 is 0 Å². The third-order valence-corrected chi connectivity index (χ3v) is 2.80. The van der Waals surface area contributed by atoms with Gasteiger partial charge in [0, 0.05) is 25.6 Å². The Morgan fingerprint density at radius 3 is 2.88 bits per heavy atom. The first-order chi connectivity index (χ1) is 8.13. The molecule has 17 heavy (non-hydrogen) atoms. The lowest BCUT2D eigenvalue weighted by Crippen LogP contribution is -2.13. The van der Waals surface area contributed by atoms with Gasteiger partial charge in [-0.3, -0.25) is 0 Å². The Kier molecular flexibility index (Phi) is 5.91. The van der Waals surface area contributed by atoms with Gasteiger partial charge >= 0.3 is 0 Å². The van der Waals surface area contributed by atoms with Crippen molar-refractivity contribution in [1.82, 2.24) is 5.32 Å². The van der Waals surface area contributed by atoms with E-state index >= 15 is 0 Å². The molecule has 0 aliphatic carbocycles. The molecular weight excluding hydrogens is 216 g/mol. The van der Waals surface area contributed by atoms with Crippen molar-refractivity contribution in [1.29, 1.82) is 0 Å². The molecular formula is C13H24N2O2. The molecule has 1 heterocycles. The standard InChI is InChI=1S/C13H24N2O2/c1-10(2)12(7-15-3)6-13(14)17-9-11-4-5-16-8-11/h6-7,10-11,15H,4-5,8-9,14H2,1-3H3/b12-7+,13-6+. The summed E-state index contributed by atoms with van der Waals surface area (Å²) in [5.74, 6) is 1.38. The summed E-state index contributed by atoms with van der Waals surface area (Å²) < 4.78 is 10.8. The van der Waals surface area contributed by atoms with E-state index in [0.717, 1.165) is 25.2 Å². The highest BCUT2D eigenvalue weighted by atomic mass is 16.5. The van der Waals surface area contributed by atoms with E-state index < -0.39 is 0 Å². The van der Waals surface area contributed by atoms with E-state index in [4.69, 9.17) is 15.2 Å². The van der Waals surface area contributed by atoms with Crippen molar-refractivity contribution in [3.05, 3.63) is 23.7 Å². The molecule has 0 amide bonds. The van der Waals surface area contributed by atoms with Gasteiger partial charge in [-0.25, -0.2) is 0 Å². The summed E-state index contributed by atoms with van der Waals surface area (Å²) >= 11 is 0. The summed E-state index contributed by atoms with van der Waals surface area (Å²) in [5, 5.41) is 3.01. The van der Waals surface area contributed by atoms with Crippen LogP contribution in [-0.2, 0) is 9.47 Å². The molecule has 1 unspecified atom stereocenters. The van der Waals surface area contributed by atoms with E-state index in [2.05, 4.69) is 19.2 Å². The lowest BCUT2D eigenvalue weighted by Gasteiger charge is -2.12. The number of nitrogens with one attached hydrogen (secondary N) is 1. The maximum absolute atomic E-state index is 5.85. The van der Waals surface area contributed by atoms with Crippen LogP contribution in [0.25, 0.3) is 0 Å². The molecule has 1 saturated heterocycles. The highest BCUT2D eigenvalue weighted by Crippen LogP contribution is 2.15. The molecule has 0 spiro atoms. The minimum Gasteiger partial charge on any atom is -0.479 e. The molecule has 0 aromatic heterocycles. The summed E-state index contributed by atoms with van der Waals surface area (Å²) in [6.45, 7) is 6.52. The molecule has 98 valence electrons. The number of nitrogens with two attached hydrogens (primary N) is 1. The van der Waals surface area contributed by atoms with Gasteiger partial charge < -0.3 is 20.5 Å². The molecule has 1 fully saturated rings. The van der Waals surface area contributed by atoms with Crippen LogP contribution in [-0.4, -0.2) is 26.9 Å². The number of ether oxygens (including phenoxy) is 2. The first-order valence-electron chi connectivity index (χ1n) is 6.18. The Morgan fingerprint density at radius 2 is 2.35 bits per heavy atom. The highest BCUT2D eigenvalue weighted by Gasteiger charge is 2.16. The Morgan fingerprint density at radius 1 is 1.59 bits per heavy atom. The van der Waals surface area contributed by atoms with Crippen LogP contribution < -0.4 is 11.1 Å². The Balaban J connectivity index is 2.43. The van der Waals surface area contributed by atoms with E-state index in [0.29, 0.717) is 24.3 Å². The third-order valence-electron chi connectivity index (χ3n) is 2.80. The zero-order valence-corrected chi connectivity index (χ0v) is 11.0. The SMILES string of the molecule is CN/C=C(\C=C(/N)OCC1CCOC1)C(C)C. The quantitative estimate of drug-likeness (QED) is 0.547. The second-order valence-electron chi connectivity index (χ2n) is 4.68. The Bertz CT molecular complexity index is 279. The molecule has 4 heteroatoms. The van der Waals surface area contributed by atoms with Crippen LogP contribution in [0.5, 0.6) is 0 Å². The van der Waals surface area contributed by atoms with E-state index in [1.807, 2.05) is 19.3 Å². The van der Waals surface area contributed by atoms with Crippen LogP contribution in [0.2, 0.25) is 0 Å². The van der Waals surface area contributed by atoms with E-state index in [1.165, 1.54) is 0 Å². The normalized spacial score (nSPS) is 22.0. The molecule has 1 rings (SSSR count). The van der Waals surface area contributed by atoms with Gasteiger partial charge in [0.1, 0.15) is 0 Å². The van der Waals surface area contributed by atoms with Crippen LogP contribution in [0.1, 0.15) is 20.3 Å². The summed E-state index contributed by atoms with van der Waals surface area (Å²) in [6, 6.07) is 0. The van der Waals surface area contributed by atoms with Crippen molar-refractivity contribution in [2.24, 2.45) is 17.6 Å². The summed E-state index contributed by atoms with van der Waals surface area (Å²) in [4.78, 5) is 0. The zero-order chi connectivity index (χ0) is 12.7. The van der Waals surface area contributed by atoms with E-state index in [1.54, 1.807) is 0 Å². The van der Waals surface area contributed by atoms with Gasteiger partial charge in [-0.15, -0.1) is 0 Å². The number of hydrogen-bond donors (Lipinski definition) is 2. The van der Waals surface area contributed by atoms with Crippen LogP contribution in [0.3, 0.4) is 0 Å². The minimum atomic E-state index is 0.416. The fourth-order valence-corrected chi connectivity index (χ4v) is 1.68. The van der Waals surface area contributed by atoms with Crippen molar-refractivity contribution >= 4 is 0 Å². The van der Waals surface area contributed by atoms with E-state index in [9.17, 15) is 0 Å². The second kappa shape index (κ2) is 7.22. The molecule has 1 aliphatic heterocycles. The monoisotopic (exact) mass is 240 g/mol. The number of rotatable bonds is 6. The predicted octanol–water partition coefficient (Wildman–Crippen LogP) is 1.60. The molecule has 0 saturated carbocycles. The Labute approximate surface area is 104 Å². The smallest absolute Gasteiger partial charge is 0.184 e. The fourth-order valence-electron chi connectivity index (χ4n) is 1.68. The first-order valence-corrected chi connectivity index (χ1v) is 6.18. The van der Waals surface area contributed by atoms with Gasteiger partial charge in [0.2, 0.25) is 0 Å². The lowest BCUT2D eigenvalue weighted by atomic mass is 10.0. The van der Waals surface area contributed by atoms with Crippen molar-refractivity contribution in [2.75, 3.05) is 26.9 Å². The first kappa shape index (κ1) is 13.9. The lowest BCUT2D eigenvalue weighted by molar-refractivity contribution is 0.135. The predicted molar refractivity (Wildman–Crippen MR) is 69.1 cm³/mol. The molecule has 4 nitrogen and oxygen atoms in total. The number of allylic oxidation sites excluding steroid dienone is 2. The second-order valence-corrected chi connectivity index (χ2v) is 4.68. The van der Waals surface area contributed by atoms with Crippen molar-refractivity contribution in [3.8, 4) is 0 Å². The van der Waals surface area contributed by atoms with Gasteiger partial charge in [0.05, 0.1) is 13.2 Å². The van der Waals surface area contributed by atoms with Crippen LogP contribution in [0.4, 0.5) is 0 Å². The van der Waals surface area contributed by atoms with Gasteiger partial charge in [-0.1, -0.05) is 13.8 Å². The Hall–Kier alpha value is -1.16. The fraction of sp³-hybridized carbons (Fsp3) is 0.692. The van der Waals surface area contributed by atoms with Gasteiger partial charge in [0.15, 0.2) is 5.88 Å². The minimum absolute atomic E-state index is 0.416. The molecule has 0 radical (unpaired) electrons. The maximum atomic E-state index is 5.85. The average Bonchev–Trinajstić information content (AvgIpc) is 2.78. The summed E-state index contributed by atoms with van der Waals surface area (Å²) in [6.07, 6.45) is 4.90. The number of hydrogen-bond acceptors (Lipinski definition) is 4. The molecule has 0 aromatic carbocycles. The average molecular weight is 240 g/mol. The topological polar surface area (TPSA) is 56.5 Å². The largest absolute Gasteiger partial charge is 0.479 e. The molecule has 1 aliphatic rings.